The number of rotatable bonds is 1. The van der Waals surface area contributed by atoms with Crippen molar-refractivity contribution >= 4 is 43.1 Å². The third-order valence-corrected chi connectivity index (χ3v) is 5.56. The number of anilines is 1. The Balaban J connectivity index is 2.27. The van der Waals surface area contributed by atoms with Crippen molar-refractivity contribution in [2.24, 2.45) is 0 Å². The molecule has 1 heterocycles. The van der Waals surface area contributed by atoms with E-state index in [4.69, 9.17) is 11.6 Å². The molecule has 1 aliphatic rings. The number of hydrogen-bond acceptors (Lipinski definition) is 3. The van der Waals surface area contributed by atoms with Crippen molar-refractivity contribution in [3.8, 4) is 0 Å². The standard InChI is InChI=1S/C11H13BrClNO2S/c1-8-6-9(12)11(7-10(8)13)14-2-4-17(15,16)5-3-14/h6-7H,2-5H2,1H3. The highest BCUT2D eigenvalue weighted by molar-refractivity contribution is 9.10. The minimum Gasteiger partial charge on any atom is -0.369 e. The zero-order valence-corrected chi connectivity index (χ0v) is 12.6. The van der Waals surface area contributed by atoms with E-state index in [1.165, 1.54) is 0 Å². The second kappa shape index (κ2) is 4.78. The maximum atomic E-state index is 11.4. The van der Waals surface area contributed by atoms with Crippen LogP contribution in [0.3, 0.4) is 0 Å². The number of halogens is 2. The minimum absolute atomic E-state index is 0.213. The molecule has 0 saturated carbocycles. The van der Waals surface area contributed by atoms with Gasteiger partial charge in [-0.1, -0.05) is 11.6 Å². The molecule has 17 heavy (non-hydrogen) atoms. The van der Waals surface area contributed by atoms with Crippen LogP contribution >= 0.6 is 27.5 Å². The van der Waals surface area contributed by atoms with Gasteiger partial charge in [0.25, 0.3) is 0 Å². The first-order valence-electron chi connectivity index (χ1n) is 5.30. The molecule has 1 saturated heterocycles. The Bertz CT molecular complexity index is 531. The van der Waals surface area contributed by atoms with Gasteiger partial charge >= 0.3 is 0 Å². The third-order valence-electron chi connectivity index (χ3n) is 2.91. The summed E-state index contributed by atoms with van der Waals surface area (Å²) < 4.78 is 23.7. The van der Waals surface area contributed by atoms with Gasteiger partial charge in [0.05, 0.1) is 17.2 Å². The highest BCUT2D eigenvalue weighted by Crippen LogP contribution is 2.32. The molecule has 0 unspecified atom stereocenters. The number of sulfone groups is 1. The van der Waals surface area contributed by atoms with E-state index in [0.717, 1.165) is 15.7 Å². The van der Waals surface area contributed by atoms with Crippen LogP contribution in [0, 0.1) is 6.92 Å². The summed E-state index contributed by atoms with van der Waals surface area (Å²) in [7, 11) is -2.84. The first kappa shape index (κ1) is 13.2. The van der Waals surface area contributed by atoms with Crippen molar-refractivity contribution in [3.05, 3.63) is 27.2 Å². The number of aryl methyl sites for hydroxylation is 1. The fraction of sp³-hybridized carbons (Fsp3) is 0.455. The summed E-state index contributed by atoms with van der Waals surface area (Å²) in [6.45, 7) is 3.00. The SMILES string of the molecule is Cc1cc(Br)c(N2CCS(=O)(=O)CC2)cc1Cl. The van der Waals surface area contributed by atoms with E-state index in [-0.39, 0.29) is 11.5 Å². The lowest BCUT2D eigenvalue weighted by Crippen LogP contribution is -2.40. The van der Waals surface area contributed by atoms with Gasteiger partial charge in [-0.05, 0) is 40.5 Å². The molecule has 2 rings (SSSR count). The zero-order valence-electron chi connectivity index (χ0n) is 9.41. The summed E-state index contributed by atoms with van der Waals surface area (Å²) >= 11 is 9.59. The topological polar surface area (TPSA) is 37.4 Å². The summed E-state index contributed by atoms with van der Waals surface area (Å²) in [6, 6.07) is 3.85. The molecule has 1 fully saturated rings. The van der Waals surface area contributed by atoms with Gasteiger partial charge in [-0.2, -0.15) is 0 Å². The number of benzene rings is 1. The molecule has 6 heteroatoms. The molecule has 94 valence electrons. The van der Waals surface area contributed by atoms with Gasteiger partial charge in [-0.25, -0.2) is 8.42 Å². The van der Waals surface area contributed by atoms with Gasteiger partial charge in [0.2, 0.25) is 0 Å². The summed E-state index contributed by atoms with van der Waals surface area (Å²) in [5.74, 6) is 0.426. The van der Waals surface area contributed by atoms with E-state index < -0.39 is 9.84 Å². The quantitative estimate of drug-likeness (QED) is 0.790. The molecule has 0 atom stereocenters. The lowest BCUT2D eigenvalue weighted by molar-refractivity contribution is 0.586. The molecular weight excluding hydrogens is 326 g/mol. The lowest BCUT2D eigenvalue weighted by Gasteiger charge is -2.30. The van der Waals surface area contributed by atoms with Gasteiger partial charge in [0.15, 0.2) is 9.84 Å². The molecule has 0 bridgehead atoms. The molecular formula is C11H13BrClNO2S. The second-order valence-corrected chi connectivity index (χ2v) is 7.76. The van der Waals surface area contributed by atoms with Crippen LogP contribution in [0.2, 0.25) is 5.02 Å². The van der Waals surface area contributed by atoms with Gasteiger partial charge < -0.3 is 4.90 Å². The van der Waals surface area contributed by atoms with E-state index in [1.54, 1.807) is 0 Å². The Kier molecular flexibility index (Phi) is 3.71. The first-order chi connectivity index (χ1) is 7.89. The van der Waals surface area contributed by atoms with E-state index in [1.807, 2.05) is 19.1 Å². The Morgan fingerprint density at radius 3 is 2.47 bits per heavy atom. The largest absolute Gasteiger partial charge is 0.369 e. The highest BCUT2D eigenvalue weighted by Gasteiger charge is 2.23. The van der Waals surface area contributed by atoms with Crippen LogP contribution in [0.1, 0.15) is 5.56 Å². The van der Waals surface area contributed by atoms with E-state index in [9.17, 15) is 8.42 Å². The predicted molar refractivity (Wildman–Crippen MR) is 74.8 cm³/mol. The molecule has 1 aliphatic heterocycles. The summed E-state index contributed by atoms with van der Waals surface area (Å²) in [5, 5.41) is 0.705. The van der Waals surface area contributed by atoms with Crippen molar-refractivity contribution < 1.29 is 8.42 Å². The van der Waals surface area contributed by atoms with Crippen LogP contribution in [0.25, 0.3) is 0 Å². The van der Waals surface area contributed by atoms with Crippen molar-refractivity contribution in [2.75, 3.05) is 29.5 Å². The summed E-state index contributed by atoms with van der Waals surface area (Å²) in [6.07, 6.45) is 0. The number of hydrogen-bond donors (Lipinski definition) is 0. The smallest absolute Gasteiger partial charge is 0.153 e. The molecule has 0 amide bonds. The lowest BCUT2D eigenvalue weighted by atomic mass is 10.2. The van der Waals surface area contributed by atoms with Crippen molar-refractivity contribution in [3.63, 3.8) is 0 Å². The first-order valence-corrected chi connectivity index (χ1v) is 8.29. The Morgan fingerprint density at radius 2 is 1.88 bits per heavy atom. The van der Waals surface area contributed by atoms with Crippen LogP contribution in [-0.2, 0) is 9.84 Å². The molecule has 3 nitrogen and oxygen atoms in total. The highest BCUT2D eigenvalue weighted by atomic mass is 79.9. The Hall–Kier alpha value is -0.260. The van der Waals surface area contributed by atoms with Crippen LogP contribution in [0.15, 0.2) is 16.6 Å². The fourth-order valence-corrected chi connectivity index (χ4v) is 3.90. The fourth-order valence-electron chi connectivity index (χ4n) is 1.83. The molecule has 0 N–H and O–H groups in total. The van der Waals surface area contributed by atoms with Crippen molar-refractivity contribution in [2.45, 2.75) is 6.92 Å². The van der Waals surface area contributed by atoms with Gasteiger partial charge in [-0.15, -0.1) is 0 Å². The monoisotopic (exact) mass is 337 g/mol. The maximum Gasteiger partial charge on any atom is 0.153 e. The zero-order chi connectivity index (χ0) is 12.6. The minimum atomic E-state index is -2.84. The molecule has 0 radical (unpaired) electrons. The predicted octanol–water partition coefficient (Wildman–Crippen LogP) is 2.65. The Morgan fingerprint density at radius 1 is 1.29 bits per heavy atom. The van der Waals surface area contributed by atoms with Gasteiger partial charge in [0, 0.05) is 22.6 Å². The molecule has 0 spiro atoms. The average Bonchev–Trinajstić information content (AvgIpc) is 2.24. The van der Waals surface area contributed by atoms with Gasteiger partial charge in [0.1, 0.15) is 0 Å². The maximum absolute atomic E-state index is 11.4. The number of nitrogens with zero attached hydrogens (tertiary/aromatic N) is 1. The summed E-state index contributed by atoms with van der Waals surface area (Å²) in [5.41, 5.74) is 1.97. The molecule has 0 aliphatic carbocycles. The average molecular weight is 339 g/mol. The molecule has 0 aromatic heterocycles. The third kappa shape index (κ3) is 2.95. The van der Waals surface area contributed by atoms with Crippen molar-refractivity contribution in [1.82, 2.24) is 0 Å². The Labute approximate surface area is 115 Å². The van der Waals surface area contributed by atoms with E-state index >= 15 is 0 Å². The van der Waals surface area contributed by atoms with Crippen LogP contribution < -0.4 is 4.90 Å². The van der Waals surface area contributed by atoms with E-state index in [0.29, 0.717) is 18.1 Å². The molecule has 1 aromatic rings. The van der Waals surface area contributed by atoms with Gasteiger partial charge in [-0.3, -0.25) is 0 Å². The second-order valence-electron chi connectivity index (χ2n) is 4.19. The van der Waals surface area contributed by atoms with Crippen LogP contribution in [-0.4, -0.2) is 33.0 Å². The summed E-state index contributed by atoms with van der Waals surface area (Å²) in [4.78, 5) is 2.05. The van der Waals surface area contributed by atoms with Crippen LogP contribution in [0.5, 0.6) is 0 Å². The van der Waals surface area contributed by atoms with Crippen LogP contribution in [0.4, 0.5) is 5.69 Å². The van der Waals surface area contributed by atoms with Crippen molar-refractivity contribution in [1.29, 1.82) is 0 Å². The van der Waals surface area contributed by atoms with E-state index in [2.05, 4.69) is 20.8 Å². The molecule has 1 aromatic carbocycles. The normalized spacial score (nSPS) is 19.4.